The molecule has 0 rings (SSSR count). The molecule has 0 aliphatic rings. The third kappa shape index (κ3) is 3.06. The van der Waals surface area contributed by atoms with Gasteiger partial charge >= 0.3 is 0 Å². The van der Waals surface area contributed by atoms with E-state index in [1.165, 1.54) is 0 Å². The lowest BCUT2D eigenvalue weighted by Gasteiger charge is -2.11. The maximum atomic E-state index is 3.77. The van der Waals surface area contributed by atoms with Gasteiger partial charge in [-0.2, -0.15) is 0 Å². The van der Waals surface area contributed by atoms with Gasteiger partial charge in [0.2, 0.25) is 0 Å². The van der Waals surface area contributed by atoms with Gasteiger partial charge in [-0.25, -0.2) is 0 Å². The fraction of sp³-hybridized carbons (Fsp3) is 0.429. The predicted octanol–water partition coefficient (Wildman–Crippen LogP) is 0.841. The van der Waals surface area contributed by atoms with Crippen LogP contribution in [0.3, 0.4) is 0 Å². The third-order valence-corrected chi connectivity index (χ3v) is 1.18. The molecule has 0 aromatic heterocycles. The fourth-order valence-corrected chi connectivity index (χ4v) is 0.486. The minimum atomic E-state index is 0.257. The van der Waals surface area contributed by atoms with Crippen LogP contribution in [0, 0.1) is 0 Å². The monoisotopic (exact) mass is 126 g/mol. The van der Waals surface area contributed by atoms with Crippen LogP contribution in [0.2, 0.25) is 0 Å². The summed E-state index contributed by atoms with van der Waals surface area (Å²) in [6, 6.07) is 0.257. The Kier molecular flexibility index (Phi) is 4.01. The first kappa shape index (κ1) is 8.40. The van der Waals surface area contributed by atoms with Gasteiger partial charge in [-0.05, 0) is 19.5 Å². The van der Waals surface area contributed by atoms with E-state index >= 15 is 0 Å². The number of nitrogens with one attached hydrogen (secondary N) is 2. The molecular formula is C7H14N2. The van der Waals surface area contributed by atoms with Crippen LogP contribution in [0.25, 0.3) is 0 Å². The van der Waals surface area contributed by atoms with E-state index in [-0.39, 0.29) is 6.04 Å². The van der Waals surface area contributed by atoms with E-state index in [0.717, 1.165) is 5.57 Å². The summed E-state index contributed by atoms with van der Waals surface area (Å²) in [7, 11) is 1.83. The summed E-state index contributed by atoms with van der Waals surface area (Å²) in [5.41, 5.74) is 6.79. The van der Waals surface area contributed by atoms with Crippen LogP contribution in [0.4, 0.5) is 0 Å². The Labute approximate surface area is 56.6 Å². The highest BCUT2D eigenvalue weighted by Gasteiger charge is 1.98. The Morgan fingerprint density at radius 3 is 2.56 bits per heavy atom. The first-order valence-corrected chi connectivity index (χ1v) is 2.96. The van der Waals surface area contributed by atoms with Crippen molar-refractivity contribution in [1.29, 1.82) is 0 Å². The van der Waals surface area contributed by atoms with Gasteiger partial charge in [0.15, 0.2) is 0 Å². The highest BCUT2D eigenvalue weighted by molar-refractivity contribution is 5.16. The predicted molar refractivity (Wildman–Crippen MR) is 41.0 cm³/mol. The molecule has 0 fully saturated rings. The van der Waals surface area contributed by atoms with E-state index in [4.69, 9.17) is 0 Å². The van der Waals surface area contributed by atoms with Crippen molar-refractivity contribution in [1.82, 2.24) is 10.9 Å². The van der Waals surface area contributed by atoms with Crippen molar-refractivity contribution >= 4 is 0 Å². The van der Waals surface area contributed by atoms with Crippen molar-refractivity contribution in [2.24, 2.45) is 0 Å². The summed E-state index contributed by atoms with van der Waals surface area (Å²) in [6.07, 6.45) is 1.75. The lowest BCUT2D eigenvalue weighted by Crippen LogP contribution is -2.36. The van der Waals surface area contributed by atoms with Crippen molar-refractivity contribution in [3.8, 4) is 0 Å². The molecule has 0 aliphatic heterocycles. The summed E-state index contributed by atoms with van der Waals surface area (Å²) in [5.74, 6) is 0. The topological polar surface area (TPSA) is 24.1 Å². The molecule has 0 saturated heterocycles. The van der Waals surface area contributed by atoms with Gasteiger partial charge in [0.1, 0.15) is 0 Å². The Balaban J connectivity index is 3.58. The van der Waals surface area contributed by atoms with Crippen LogP contribution in [-0.2, 0) is 0 Å². The second-order valence-corrected chi connectivity index (χ2v) is 1.90. The summed E-state index contributed by atoms with van der Waals surface area (Å²) >= 11 is 0. The molecule has 0 amide bonds. The lowest BCUT2D eigenvalue weighted by molar-refractivity contribution is 0.541. The molecule has 2 nitrogen and oxygen atoms in total. The molecule has 0 aromatic carbocycles. The highest BCUT2D eigenvalue weighted by atomic mass is 15.3. The number of rotatable bonds is 4. The van der Waals surface area contributed by atoms with E-state index in [9.17, 15) is 0 Å². The average molecular weight is 126 g/mol. The van der Waals surface area contributed by atoms with Gasteiger partial charge in [0, 0.05) is 6.04 Å². The van der Waals surface area contributed by atoms with Crippen LogP contribution < -0.4 is 10.9 Å². The summed E-state index contributed by atoms with van der Waals surface area (Å²) in [6.45, 7) is 9.38. The Bertz CT molecular complexity index is 107. The number of hydrogen-bond acceptors (Lipinski definition) is 2. The van der Waals surface area contributed by atoms with E-state index in [0.29, 0.717) is 0 Å². The van der Waals surface area contributed by atoms with Gasteiger partial charge < -0.3 is 0 Å². The molecule has 0 bridgehead atoms. The van der Waals surface area contributed by atoms with Crippen LogP contribution in [-0.4, -0.2) is 13.1 Å². The van der Waals surface area contributed by atoms with Crippen LogP contribution >= 0.6 is 0 Å². The van der Waals surface area contributed by atoms with Gasteiger partial charge in [-0.1, -0.05) is 19.2 Å². The van der Waals surface area contributed by atoms with Gasteiger partial charge in [0.05, 0.1) is 0 Å². The Morgan fingerprint density at radius 2 is 2.22 bits per heavy atom. The molecule has 0 saturated carbocycles. The van der Waals surface area contributed by atoms with Gasteiger partial charge in [-0.3, -0.25) is 10.9 Å². The maximum Gasteiger partial charge on any atom is 0.0428 e. The Hall–Kier alpha value is -0.600. The van der Waals surface area contributed by atoms with Crippen molar-refractivity contribution in [3.63, 3.8) is 0 Å². The molecule has 1 atom stereocenters. The Morgan fingerprint density at radius 1 is 1.67 bits per heavy atom. The zero-order valence-electron chi connectivity index (χ0n) is 6.07. The lowest BCUT2D eigenvalue weighted by atomic mass is 10.2. The van der Waals surface area contributed by atoms with E-state index in [1.807, 2.05) is 14.0 Å². The first-order valence-electron chi connectivity index (χ1n) is 2.96. The molecule has 0 heterocycles. The summed E-state index contributed by atoms with van der Waals surface area (Å²) < 4.78 is 0. The smallest absolute Gasteiger partial charge is 0.0428 e. The van der Waals surface area contributed by atoms with Crippen LogP contribution in [0.1, 0.15) is 6.92 Å². The van der Waals surface area contributed by atoms with E-state index in [1.54, 1.807) is 6.08 Å². The third-order valence-electron chi connectivity index (χ3n) is 1.18. The van der Waals surface area contributed by atoms with E-state index in [2.05, 4.69) is 24.0 Å². The van der Waals surface area contributed by atoms with Gasteiger partial charge in [0.25, 0.3) is 0 Å². The van der Waals surface area contributed by atoms with E-state index < -0.39 is 0 Å². The molecule has 9 heavy (non-hydrogen) atoms. The largest absolute Gasteiger partial charge is 0.260 e. The SMILES string of the molecule is C=CC(=C)C(C)NNC. The number of hydrogen-bond donors (Lipinski definition) is 2. The molecule has 0 aromatic rings. The quantitative estimate of drug-likeness (QED) is 0.431. The zero-order chi connectivity index (χ0) is 7.28. The molecule has 0 radical (unpaired) electrons. The number of hydrazine groups is 1. The minimum absolute atomic E-state index is 0.257. The zero-order valence-corrected chi connectivity index (χ0v) is 6.07. The summed E-state index contributed by atoms with van der Waals surface area (Å²) in [5, 5.41) is 0. The maximum absolute atomic E-state index is 3.77. The second-order valence-electron chi connectivity index (χ2n) is 1.90. The van der Waals surface area contributed by atoms with Crippen molar-refractivity contribution < 1.29 is 0 Å². The normalized spacial score (nSPS) is 12.7. The minimum Gasteiger partial charge on any atom is -0.260 e. The highest BCUT2D eigenvalue weighted by Crippen LogP contribution is 1.96. The van der Waals surface area contributed by atoms with Gasteiger partial charge in [-0.15, -0.1) is 0 Å². The molecule has 52 valence electrons. The van der Waals surface area contributed by atoms with Crippen molar-refractivity contribution in [2.45, 2.75) is 13.0 Å². The average Bonchev–Trinajstić information content (AvgIpc) is 1.87. The van der Waals surface area contributed by atoms with Crippen molar-refractivity contribution in [3.05, 3.63) is 24.8 Å². The molecule has 2 N–H and O–H groups in total. The molecular weight excluding hydrogens is 112 g/mol. The van der Waals surface area contributed by atoms with Crippen LogP contribution in [0.15, 0.2) is 24.8 Å². The molecule has 0 aliphatic carbocycles. The fourth-order valence-electron chi connectivity index (χ4n) is 0.486. The van der Waals surface area contributed by atoms with Crippen LogP contribution in [0.5, 0.6) is 0 Å². The first-order chi connectivity index (χ1) is 4.22. The molecule has 2 heteroatoms. The standard InChI is InChI=1S/C7H14N2/c1-5-6(2)7(3)9-8-4/h5,7-9H,1-2H2,3-4H3. The molecule has 1 unspecified atom stereocenters. The molecule has 0 spiro atoms. The van der Waals surface area contributed by atoms with Crippen molar-refractivity contribution in [2.75, 3.05) is 7.05 Å². The summed E-state index contributed by atoms with van der Waals surface area (Å²) in [4.78, 5) is 0. The second kappa shape index (κ2) is 4.30.